The van der Waals surface area contributed by atoms with E-state index < -0.39 is 0 Å². The number of ether oxygens (including phenoxy) is 4. The van der Waals surface area contributed by atoms with Crippen molar-refractivity contribution in [2.45, 2.75) is 6.92 Å². The molecule has 0 atom stereocenters. The van der Waals surface area contributed by atoms with Crippen molar-refractivity contribution in [1.82, 2.24) is 0 Å². The first kappa shape index (κ1) is 68.7. The predicted octanol–water partition coefficient (Wildman–Crippen LogP) is 26.6. The number of rotatable bonds is 13. The van der Waals surface area contributed by atoms with E-state index in [1.165, 1.54) is 5.56 Å². The normalized spacial score (nSPS) is 12.7. The second kappa shape index (κ2) is 26.9. The van der Waals surface area contributed by atoms with Gasteiger partial charge >= 0.3 is 0 Å². The molecule has 14 heteroatoms. The largest absolute Gasteiger partial charge is 0.458 e. The molecule has 12 nitrogen and oxygen atoms in total. The van der Waals surface area contributed by atoms with Crippen molar-refractivity contribution in [3.63, 3.8) is 0 Å². The van der Waals surface area contributed by atoms with Crippen LogP contribution in [0.25, 0.3) is 98.9 Å². The number of hydrogen-bond donors (Lipinski definition) is 0. The fraction of sp³-hybridized carbons (Fsp3) is 0.00917. The van der Waals surface area contributed by atoms with Gasteiger partial charge in [-0.15, -0.1) is 0 Å². The van der Waals surface area contributed by atoms with Crippen LogP contribution in [0.5, 0.6) is 46.0 Å². The molecule has 4 aliphatic heterocycles. The van der Waals surface area contributed by atoms with Crippen LogP contribution in [0.3, 0.4) is 0 Å². The number of benzene rings is 18. The zero-order valence-electron chi connectivity index (χ0n) is 66.1. The lowest BCUT2D eigenvalue weighted by Crippen LogP contribution is -2.57. The topological polar surface area (TPSA) is 102 Å². The first-order chi connectivity index (χ1) is 60.8. The smallest absolute Gasteiger partial charge is 0.261 e. The average Bonchev–Trinajstić information content (AvgIpc) is 1.70. The van der Waals surface area contributed by atoms with E-state index in [-0.39, 0.29) is 13.4 Å². The molecular weight excluding hydrogens is 1510 g/mol. The first-order valence-electron chi connectivity index (χ1n) is 41.5. The average molecular weight is 1580 g/mol. The van der Waals surface area contributed by atoms with Crippen molar-refractivity contribution in [1.29, 1.82) is 0 Å². The summed E-state index contributed by atoms with van der Waals surface area (Å²) in [6, 6.07) is 134. The summed E-state index contributed by atoms with van der Waals surface area (Å²) < 4.78 is 55.9. The lowest BCUT2D eigenvalue weighted by Gasteiger charge is -2.32. The summed E-state index contributed by atoms with van der Waals surface area (Å²) in [7, 11) is 0. The number of hydrogen-bond acceptors (Lipinski definition) is 12. The molecule has 576 valence electrons. The van der Waals surface area contributed by atoms with Gasteiger partial charge in [0, 0.05) is 147 Å². The van der Waals surface area contributed by atoms with E-state index in [2.05, 4.69) is 354 Å². The van der Waals surface area contributed by atoms with Gasteiger partial charge < -0.3 is 56.2 Å². The molecule has 26 rings (SSSR count). The number of anilines is 12. The summed E-state index contributed by atoms with van der Waals surface area (Å²) >= 11 is 0. The molecule has 0 saturated carbocycles. The Kier molecular flexibility index (Phi) is 15.0. The van der Waals surface area contributed by atoms with Gasteiger partial charge in [0.25, 0.3) is 13.4 Å². The molecule has 0 radical (unpaired) electrons. The second-order valence-corrected chi connectivity index (χ2v) is 32.2. The fourth-order valence-electron chi connectivity index (χ4n) is 19.5. The summed E-state index contributed by atoms with van der Waals surface area (Å²) in [6.07, 6.45) is 0. The van der Waals surface area contributed by atoms with E-state index in [1.807, 2.05) is 54.6 Å². The summed E-state index contributed by atoms with van der Waals surface area (Å²) in [6.45, 7) is 1.64. The van der Waals surface area contributed by atoms with Crippen LogP contribution in [0.15, 0.2) is 400 Å². The molecule has 8 heterocycles. The maximum Gasteiger partial charge on any atom is 0.261 e. The van der Waals surface area contributed by atoms with E-state index in [0.717, 1.165) is 223 Å². The Balaban J connectivity index is 0.513. The van der Waals surface area contributed by atoms with Crippen molar-refractivity contribution in [3.05, 3.63) is 388 Å². The molecule has 0 unspecified atom stereocenters. The lowest BCUT2D eigenvalue weighted by molar-refractivity contribution is 0.461. The van der Waals surface area contributed by atoms with Crippen LogP contribution >= 0.6 is 0 Å². The number of furan rings is 4. The van der Waals surface area contributed by atoms with Gasteiger partial charge in [-0.05, 0) is 234 Å². The molecule has 22 aromatic rings. The van der Waals surface area contributed by atoms with Gasteiger partial charge in [0.05, 0.1) is 0 Å². The highest BCUT2D eigenvalue weighted by atomic mass is 16.5. The van der Waals surface area contributed by atoms with E-state index in [0.29, 0.717) is 22.7 Å². The minimum atomic E-state index is -0.238. The predicted molar refractivity (Wildman–Crippen MR) is 500 cm³/mol. The molecule has 123 heavy (non-hydrogen) atoms. The summed E-state index contributed by atoms with van der Waals surface area (Å²) in [5, 5.41) is 7.86. The molecule has 0 spiro atoms. The fourth-order valence-corrected chi connectivity index (χ4v) is 19.5. The third kappa shape index (κ3) is 10.8. The standard InChI is InChI=1S/C109H66B2N4O8/c1-65-36-40-73(41-37-65)113(70-25-11-4-12-26-70)78-44-48-80-84-52-54-88-108(106(84)122-98(80)59-78)120-94-34-18-32-92-104(94)110(88)91-64-101-87(62-103(91)117-92)83-51-47-77(58-97(83)119-101)114(71-27-13-5-14-28-71)74-42-38-66(39-43-74)67-20-17-31-75(56-67)115(72-29-15-6-16-30-72)79-45-49-81-85-53-55-89-109(107(85)123-99(81)60-79)121-95-35-19-33-93-105(95)111(89)90-63-100-86(61-102(90)116-93)82-50-46-76(57-96(82)118-100)112(68-21-7-2-8-22-68)69-23-9-3-10-24-69/h2-64H,1H3. The maximum atomic E-state index is 7.15. The monoisotopic (exact) mass is 1580 g/mol. The highest BCUT2D eigenvalue weighted by Gasteiger charge is 2.44. The van der Waals surface area contributed by atoms with E-state index in [4.69, 9.17) is 36.6 Å². The third-order valence-corrected chi connectivity index (χ3v) is 25.1. The van der Waals surface area contributed by atoms with Gasteiger partial charge in [-0.3, -0.25) is 0 Å². The zero-order chi connectivity index (χ0) is 80.6. The molecule has 0 bridgehead atoms. The number of fused-ring (bicyclic) bond motifs is 22. The van der Waals surface area contributed by atoms with E-state index in [1.54, 1.807) is 0 Å². The molecule has 0 aliphatic carbocycles. The Labute approximate surface area is 705 Å². The SMILES string of the molecule is Cc1ccc(N(c2ccccc2)c2ccc3c(c2)oc2c4c(ccc23)B2c3cc5oc6cc(N(c7ccccc7)c7ccc(-c8cccc(N(c9ccccc9)c9ccc%10c(c9)oc9c%11c(ccc9%10)B9c%10cc%12oc%13cc(N(c%14ccccc%14)c%14ccccc%14)ccc%13c%12cc%10Oc%10cccc(c%109)O%11)c8)cc7)ccc6c5cc3Oc3cccc(c32)O4)cc1. The quantitative estimate of drug-likeness (QED) is 0.103. The molecule has 18 aromatic carbocycles. The van der Waals surface area contributed by atoms with Gasteiger partial charge in [-0.2, -0.15) is 0 Å². The van der Waals surface area contributed by atoms with Crippen LogP contribution < -0.4 is 71.3 Å². The van der Waals surface area contributed by atoms with Gasteiger partial charge in [-0.25, -0.2) is 0 Å². The highest BCUT2D eigenvalue weighted by Crippen LogP contribution is 2.50. The Bertz CT molecular complexity index is 8080. The molecule has 0 N–H and O–H groups in total. The number of aryl methyl sites for hydroxylation is 1. The minimum Gasteiger partial charge on any atom is -0.458 e. The summed E-state index contributed by atoms with van der Waals surface area (Å²) in [5.41, 5.74) is 27.2. The van der Waals surface area contributed by atoms with Crippen molar-refractivity contribution < 1.29 is 36.6 Å². The molecule has 4 aromatic heterocycles. The van der Waals surface area contributed by atoms with Crippen LogP contribution in [0.2, 0.25) is 0 Å². The van der Waals surface area contributed by atoms with Gasteiger partial charge in [0.1, 0.15) is 68.0 Å². The van der Waals surface area contributed by atoms with Crippen molar-refractivity contribution in [2.24, 2.45) is 0 Å². The number of nitrogens with zero attached hydrogens (tertiary/aromatic N) is 4. The minimum absolute atomic E-state index is 0.238. The van der Waals surface area contributed by atoms with Gasteiger partial charge in [0.2, 0.25) is 0 Å². The number of para-hydroxylation sites is 5. The van der Waals surface area contributed by atoms with Crippen LogP contribution in [-0.4, -0.2) is 13.4 Å². The Morgan fingerprint density at radius 1 is 0.195 bits per heavy atom. The van der Waals surface area contributed by atoms with Gasteiger partial charge in [-0.1, -0.05) is 169 Å². The van der Waals surface area contributed by atoms with Crippen LogP contribution in [0, 0.1) is 6.92 Å². The lowest BCUT2D eigenvalue weighted by atomic mass is 9.35. The Morgan fingerprint density at radius 2 is 0.496 bits per heavy atom. The van der Waals surface area contributed by atoms with Crippen LogP contribution in [0.4, 0.5) is 68.2 Å². The molecule has 4 aliphatic rings. The Hall–Kier alpha value is -16.3. The second-order valence-electron chi connectivity index (χ2n) is 32.2. The molecule has 0 amide bonds. The van der Waals surface area contributed by atoms with Crippen LogP contribution in [-0.2, 0) is 0 Å². The van der Waals surface area contributed by atoms with E-state index >= 15 is 0 Å². The zero-order valence-corrected chi connectivity index (χ0v) is 66.1. The Morgan fingerprint density at radius 3 is 0.894 bits per heavy atom. The third-order valence-electron chi connectivity index (χ3n) is 25.1. The van der Waals surface area contributed by atoms with Crippen molar-refractivity contribution in [2.75, 3.05) is 19.6 Å². The molecule has 0 saturated heterocycles. The molecule has 0 fully saturated rings. The van der Waals surface area contributed by atoms with Crippen molar-refractivity contribution in [3.8, 4) is 57.1 Å². The molecular formula is C109H66B2N4O8. The highest BCUT2D eigenvalue weighted by molar-refractivity contribution is 6.99. The summed E-state index contributed by atoms with van der Waals surface area (Å²) in [5.74, 6) is 5.89. The van der Waals surface area contributed by atoms with E-state index in [9.17, 15) is 0 Å². The van der Waals surface area contributed by atoms with Crippen molar-refractivity contribution >= 4 is 202 Å². The van der Waals surface area contributed by atoms with Crippen LogP contribution in [0.1, 0.15) is 5.56 Å². The summed E-state index contributed by atoms with van der Waals surface area (Å²) in [4.78, 5) is 9.10. The van der Waals surface area contributed by atoms with Gasteiger partial charge in [0.15, 0.2) is 22.7 Å². The first-order valence-corrected chi connectivity index (χ1v) is 41.5. The maximum absolute atomic E-state index is 7.15.